The summed E-state index contributed by atoms with van der Waals surface area (Å²) in [5.74, 6) is 1.46. The first-order valence-electron chi connectivity index (χ1n) is 4.18. The standard InChI is InChI=1S/C9H12BrNS/c1-5(11)6-4-7(6)9-8(10)2-3-12-9/h2-3,5-7H,4,11H2,1H3. The summed E-state index contributed by atoms with van der Waals surface area (Å²) >= 11 is 5.39. The minimum absolute atomic E-state index is 0.351. The molecule has 0 saturated heterocycles. The molecule has 1 aromatic rings. The van der Waals surface area contributed by atoms with Gasteiger partial charge >= 0.3 is 0 Å². The molecule has 0 radical (unpaired) electrons. The van der Waals surface area contributed by atoms with Gasteiger partial charge in [-0.3, -0.25) is 0 Å². The van der Waals surface area contributed by atoms with Crippen molar-refractivity contribution < 1.29 is 0 Å². The molecule has 3 unspecified atom stereocenters. The summed E-state index contributed by atoms with van der Waals surface area (Å²) in [4.78, 5) is 1.48. The molecule has 0 bridgehead atoms. The molecule has 2 rings (SSSR count). The Balaban J connectivity index is 2.10. The van der Waals surface area contributed by atoms with Crippen LogP contribution in [0.5, 0.6) is 0 Å². The average Bonchev–Trinajstić information content (AvgIpc) is 2.70. The Morgan fingerprint density at radius 3 is 2.92 bits per heavy atom. The summed E-state index contributed by atoms with van der Waals surface area (Å²) in [6, 6.07) is 2.47. The predicted molar refractivity (Wildman–Crippen MR) is 56.5 cm³/mol. The number of halogens is 1. The highest BCUT2D eigenvalue weighted by Gasteiger charge is 2.42. The largest absolute Gasteiger partial charge is 0.328 e. The van der Waals surface area contributed by atoms with Crippen molar-refractivity contribution in [2.45, 2.75) is 25.3 Å². The van der Waals surface area contributed by atoms with Crippen molar-refractivity contribution in [2.75, 3.05) is 0 Å². The van der Waals surface area contributed by atoms with Gasteiger partial charge in [0.2, 0.25) is 0 Å². The van der Waals surface area contributed by atoms with E-state index < -0.39 is 0 Å². The molecule has 0 amide bonds. The average molecular weight is 246 g/mol. The van der Waals surface area contributed by atoms with E-state index in [0.29, 0.717) is 6.04 Å². The summed E-state index contributed by atoms with van der Waals surface area (Å²) < 4.78 is 1.26. The quantitative estimate of drug-likeness (QED) is 0.853. The van der Waals surface area contributed by atoms with Gasteiger partial charge < -0.3 is 5.73 Å². The normalized spacial score (nSPS) is 30.2. The Morgan fingerprint density at radius 2 is 2.50 bits per heavy atom. The first kappa shape index (κ1) is 8.73. The number of rotatable bonds is 2. The van der Waals surface area contributed by atoms with Crippen LogP contribution < -0.4 is 5.73 Å². The molecule has 1 nitrogen and oxygen atoms in total. The Labute approximate surface area is 85.1 Å². The monoisotopic (exact) mass is 245 g/mol. The Hall–Kier alpha value is 0.140. The predicted octanol–water partition coefficient (Wildman–Crippen LogP) is 2.96. The highest BCUT2D eigenvalue weighted by Crippen LogP contribution is 2.52. The molecule has 3 heteroatoms. The Kier molecular flexibility index (Phi) is 2.27. The number of thiophene rings is 1. The summed E-state index contributed by atoms with van der Waals surface area (Å²) in [7, 11) is 0. The topological polar surface area (TPSA) is 26.0 Å². The molecule has 0 aliphatic heterocycles. The maximum absolute atomic E-state index is 5.83. The number of nitrogens with two attached hydrogens (primary N) is 1. The van der Waals surface area contributed by atoms with E-state index in [1.807, 2.05) is 11.3 Å². The van der Waals surface area contributed by atoms with Crippen molar-refractivity contribution in [3.05, 3.63) is 20.8 Å². The van der Waals surface area contributed by atoms with Gasteiger partial charge in [-0.2, -0.15) is 0 Å². The van der Waals surface area contributed by atoms with Gasteiger partial charge in [0.1, 0.15) is 0 Å². The number of hydrogen-bond donors (Lipinski definition) is 1. The Morgan fingerprint density at radius 1 is 1.75 bits per heavy atom. The molecular weight excluding hydrogens is 234 g/mol. The maximum atomic E-state index is 5.83. The molecule has 12 heavy (non-hydrogen) atoms. The fourth-order valence-corrected chi connectivity index (χ4v) is 3.53. The van der Waals surface area contributed by atoms with E-state index in [1.165, 1.54) is 15.8 Å². The van der Waals surface area contributed by atoms with Gasteiger partial charge in [-0.05, 0) is 52.6 Å². The van der Waals surface area contributed by atoms with Gasteiger partial charge in [-0.15, -0.1) is 11.3 Å². The van der Waals surface area contributed by atoms with Gasteiger partial charge in [-0.1, -0.05) is 0 Å². The van der Waals surface area contributed by atoms with Crippen LogP contribution in [0.3, 0.4) is 0 Å². The fraction of sp³-hybridized carbons (Fsp3) is 0.556. The smallest absolute Gasteiger partial charge is 0.0317 e. The molecule has 1 fully saturated rings. The molecular formula is C9H12BrNS. The lowest BCUT2D eigenvalue weighted by atomic mass is 10.2. The molecule has 0 spiro atoms. The van der Waals surface area contributed by atoms with Crippen LogP contribution >= 0.6 is 27.3 Å². The number of hydrogen-bond acceptors (Lipinski definition) is 2. The van der Waals surface area contributed by atoms with E-state index in [2.05, 4.69) is 34.3 Å². The Bertz CT molecular complexity index is 282. The van der Waals surface area contributed by atoms with Crippen LogP contribution in [-0.2, 0) is 0 Å². The summed E-state index contributed by atoms with van der Waals surface area (Å²) in [6.07, 6.45) is 1.27. The summed E-state index contributed by atoms with van der Waals surface area (Å²) in [5.41, 5.74) is 5.83. The van der Waals surface area contributed by atoms with Crippen molar-refractivity contribution in [3.63, 3.8) is 0 Å². The lowest BCUT2D eigenvalue weighted by Gasteiger charge is -2.01. The van der Waals surface area contributed by atoms with Crippen LogP contribution in [0.4, 0.5) is 0 Å². The van der Waals surface area contributed by atoms with Crippen molar-refractivity contribution >= 4 is 27.3 Å². The second-order valence-corrected chi connectivity index (χ2v) is 5.30. The fourth-order valence-electron chi connectivity index (χ4n) is 1.67. The van der Waals surface area contributed by atoms with Crippen LogP contribution in [0.2, 0.25) is 0 Å². The van der Waals surface area contributed by atoms with Gasteiger partial charge in [0.25, 0.3) is 0 Å². The minimum atomic E-state index is 0.351. The maximum Gasteiger partial charge on any atom is 0.0317 e. The molecule has 1 heterocycles. The van der Waals surface area contributed by atoms with Gasteiger partial charge in [0.05, 0.1) is 0 Å². The lowest BCUT2D eigenvalue weighted by molar-refractivity contribution is 0.633. The van der Waals surface area contributed by atoms with Crippen LogP contribution in [0, 0.1) is 5.92 Å². The van der Waals surface area contributed by atoms with Crippen LogP contribution in [-0.4, -0.2) is 6.04 Å². The first-order valence-corrected chi connectivity index (χ1v) is 5.86. The van der Waals surface area contributed by atoms with E-state index in [0.717, 1.165) is 11.8 Å². The van der Waals surface area contributed by atoms with E-state index in [1.54, 1.807) is 0 Å². The zero-order valence-electron chi connectivity index (χ0n) is 6.96. The van der Waals surface area contributed by atoms with Crippen molar-refractivity contribution in [1.29, 1.82) is 0 Å². The zero-order chi connectivity index (χ0) is 8.72. The second-order valence-electron chi connectivity index (χ2n) is 3.50. The van der Waals surface area contributed by atoms with Gasteiger partial charge in [-0.25, -0.2) is 0 Å². The van der Waals surface area contributed by atoms with Crippen LogP contribution in [0.1, 0.15) is 24.1 Å². The molecule has 1 aromatic heterocycles. The highest BCUT2D eigenvalue weighted by molar-refractivity contribution is 9.10. The van der Waals surface area contributed by atoms with Crippen molar-refractivity contribution in [3.8, 4) is 0 Å². The molecule has 1 aliphatic rings. The van der Waals surface area contributed by atoms with E-state index in [-0.39, 0.29) is 0 Å². The molecule has 66 valence electrons. The molecule has 1 aliphatic carbocycles. The third-order valence-electron chi connectivity index (χ3n) is 2.50. The van der Waals surface area contributed by atoms with E-state index in [4.69, 9.17) is 5.73 Å². The minimum Gasteiger partial charge on any atom is -0.328 e. The van der Waals surface area contributed by atoms with Gasteiger partial charge in [0.15, 0.2) is 0 Å². The van der Waals surface area contributed by atoms with Crippen molar-refractivity contribution in [2.24, 2.45) is 11.7 Å². The summed E-state index contributed by atoms with van der Waals surface area (Å²) in [6.45, 7) is 2.10. The second kappa shape index (κ2) is 3.13. The van der Waals surface area contributed by atoms with E-state index in [9.17, 15) is 0 Å². The molecule has 2 N–H and O–H groups in total. The third kappa shape index (κ3) is 1.45. The SMILES string of the molecule is CC(N)C1CC1c1sccc1Br. The molecule has 1 saturated carbocycles. The van der Waals surface area contributed by atoms with E-state index >= 15 is 0 Å². The molecule has 3 atom stereocenters. The highest BCUT2D eigenvalue weighted by atomic mass is 79.9. The van der Waals surface area contributed by atoms with Crippen molar-refractivity contribution in [1.82, 2.24) is 0 Å². The summed E-state index contributed by atoms with van der Waals surface area (Å²) in [5, 5.41) is 2.13. The third-order valence-corrected chi connectivity index (χ3v) is 4.50. The van der Waals surface area contributed by atoms with Gasteiger partial charge in [0, 0.05) is 15.4 Å². The lowest BCUT2D eigenvalue weighted by Crippen LogP contribution is -2.17. The zero-order valence-corrected chi connectivity index (χ0v) is 9.36. The van der Waals surface area contributed by atoms with Crippen LogP contribution in [0.15, 0.2) is 15.9 Å². The molecule has 0 aromatic carbocycles. The van der Waals surface area contributed by atoms with Crippen LogP contribution in [0.25, 0.3) is 0 Å². The first-order chi connectivity index (χ1) is 5.70.